The van der Waals surface area contributed by atoms with Crippen LogP contribution in [0.4, 0.5) is 10.1 Å². The van der Waals surface area contributed by atoms with E-state index in [-0.39, 0.29) is 5.82 Å². The van der Waals surface area contributed by atoms with Gasteiger partial charge in [-0.05, 0) is 25.0 Å². The summed E-state index contributed by atoms with van der Waals surface area (Å²) in [6.07, 6.45) is 0.757. The number of hydrogen-bond donors (Lipinski definition) is 1. The van der Waals surface area contributed by atoms with E-state index in [0.29, 0.717) is 22.2 Å². The first-order valence-electron chi connectivity index (χ1n) is 4.97. The molecule has 3 heteroatoms. The van der Waals surface area contributed by atoms with E-state index in [1.807, 2.05) is 13.0 Å². The predicted octanol–water partition coefficient (Wildman–Crippen LogP) is 2.83. The van der Waals surface area contributed by atoms with Crippen LogP contribution in [-0.2, 0) is 6.42 Å². The number of hydrogen-bond acceptors (Lipinski definition) is 2. The van der Waals surface area contributed by atoms with E-state index >= 15 is 0 Å². The van der Waals surface area contributed by atoms with E-state index in [9.17, 15) is 4.39 Å². The van der Waals surface area contributed by atoms with Crippen LogP contribution < -0.4 is 5.73 Å². The first-order chi connectivity index (χ1) is 7.13. The molecule has 0 spiro atoms. The fourth-order valence-corrected chi connectivity index (χ4v) is 1.62. The molecule has 0 aliphatic carbocycles. The van der Waals surface area contributed by atoms with Gasteiger partial charge in [0.15, 0.2) is 5.82 Å². The van der Waals surface area contributed by atoms with Crippen molar-refractivity contribution in [3.8, 4) is 0 Å². The van der Waals surface area contributed by atoms with Crippen LogP contribution in [-0.4, -0.2) is 4.98 Å². The van der Waals surface area contributed by atoms with E-state index in [4.69, 9.17) is 5.73 Å². The third-order valence-corrected chi connectivity index (χ3v) is 2.56. The fourth-order valence-electron chi connectivity index (χ4n) is 1.62. The number of anilines is 1. The molecule has 0 bridgehead atoms. The first kappa shape index (κ1) is 9.90. The van der Waals surface area contributed by atoms with Gasteiger partial charge in [-0.2, -0.15) is 0 Å². The van der Waals surface area contributed by atoms with Crippen molar-refractivity contribution in [2.45, 2.75) is 20.3 Å². The third kappa shape index (κ3) is 1.54. The first-order valence-corrected chi connectivity index (χ1v) is 4.97. The third-order valence-electron chi connectivity index (χ3n) is 2.56. The van der Waals surface area contributed by atoms with Gasteiger partial charge in [0.05, 0.1) is 0 Å². The van der Waals surface area contributed by atoms with Crippen molar-refractivity contribution in [2.75, 3.05) is 5.73 Å². The zero-order chi connectivity index (χ0) is 11.0. The summed E-state index contributed by atoms with van der Waals surface area (Å²) in [5.41, 5.74) is 8.24. The van der Waals surface area contributed by atoms with E-state index in [1.54, 1.807) is 19.1 Å². The highest BCUT2D eigenvalue weighted by molar-refractivity contribution is 5.91. The van der Waals surface area contributed by atoms with Gasteiger partial charge < -0.3 is 5.73 Å². The van der Waals surface area contributed by atoms with Crippen molar-refractivity contribution in [1.29, 1.82) is 0 Å². The second kappa shape index (κ2) is 3.50. The number of halogens is 1. The van der Waals surface area contributed by atoms with Crippen molar-refractivity contribution >= 4 is 16.6 Å². The maximum atomic E-state index is 13.8. The molecule has 0 amide bonds. The number of benzene rings is 1. The smallest absolute Gasteiger partial charge is 0.152 e. The quantitative estimate of drug-likeness (QED) is 0.775. The highest BCUT2D eigenvalue weighted by Crippen LogP contribution is 2.24. The Labute approximate surface area is 87.9 Å². The molecule has 0 fully saturated rings. The zero-order valence-corrected chi connectivity index (χ0v) is 8.84. The monoisotopic (exact) mass is 204 g/mol. The van der Waals surface area contributed by atoms with Crippen LogP contribution in [0.5, 0.6) is 0 Å². The van der Waals surface area contributed by atoms with Gasteiger partial charge >= 0.3 is 0 Å². The molecule has 78 valence electrons. The number of aromatic nitrogens is 1. The highest BCUT2D eigenvalue weighted by atomic mass is 19.1. The second-order valence-electron chi connectivity index (χ2n) is 3.65. The van der Waals surface area contributed by atoms with Crippen LogP contribution in [0.25, 0.3) is 10.9 Å². The standard InChI is InChI=1S/C12H13FN2/c1-3-8-6-10(14)9-5-4-7(2)11(13)12(9)15-8/h4-6H,3H2,1-2H3,(H2,14,15). The lowest BCUT2D eigenvalue weighted by atomic mass is 10.1. The van der Waals surface area contributed by atoms with Gasteiger partial charge in [-0.25, -0.2) is 9.37 Å². The maximum absolute atomic E-state index is 13.8. The molecule has 15 heavy (non-hydrogen) atoms. The predicted molar refractivity (Wildman–Crippen MR) is 60.2 cm³/mol. The Hall–Kier alpha value is -1.64. The SMILES string of the molecule is CCc1cc(N)c2ccc(C)c(F)c2n1. The van der Waals surface area contributed by atoms with Crippen LogP contribution in [0.15, 0.2) is 18.2 Å². The molecule has 0 unspecified atom stereocenters. The number of rotatable bonds is 1. The van der Waals surface area contributed by atoms with Crippen LogP contribution in [0, 0.1) is 12.7 Å². The molecular weight excluding hydrogens is 191 g/mol. The van der Waals surface area contributed by atoms with Gasteiger partial charge in [0.1, 0.15) is 5.52 Å². The summed E-state index contributed by atoms with van der Waals surface area (Å²) < 4.78 is 13.8. The fraction of sp³-hybridized carbons (Fsp3) is 0.250. The number of nitrogens with two attached hydrogens (primary N) is 1. The van der Waals surface area contributed by atoms with E-state index < -0.39 is 0 Å². The molecule has 2 aromatic rings. The van der Waals surface area contributed by atoms with Gasteiger partial charge in [-0.15, -0.1) is 0 Å². The Kier molecular flexibility index (Phi) is 2.31. The summed E-state index contributed by atoms with van der Waals surface area (Å²) in [5, 5.41) is 0.690. The molecular formula is C12H13FN2. The minimum atomic E-state index is -0.269. The van der Waals surface area contributed by atoms with Crippen molar-refractivity contribution in [3.63, 3.8) is 0 Å². The minimum absolute atomic E-state index is 0.269. The number of pyridine rings is 1. The van der Waals surface area contributed by atoms with E-state index in [1.165, 1.54) is 0 Å². The second-order valence-corrected chi connectivity index (χ2v) is 3.65. The number of nitrogens with zero attached hydrogens (tertiary/aromatic N) is 1. The van der Waals surface area contributed by atoms with Gasteiger partial charge in [-0.3, -0.25) is 0 Å². The van der Waals surface area contributed by atoms with Crippen molar-refractivity contribution in [1.82, 2.24) is 4.98 Å². The summed E-state index contributed by atoms with van der Waals surface area (Å²) in [6.45, 7) is 3.70. The molecule has 0 aliphatic heterocycles. The van der Waals surface area contributed by atoms with Crippen LogP contribution >= 0.6 is 0 Å². The molecule has 2 nitrogen and oxygen atoms in total. The Balaban J connectivity index is 2.86. The molecule has 0 saturated heterocycles. The lowest BCUT2D eigenvalue weighted by Crippen LogP contribution is -1.97. The molecule has 2 N–H and O–H groups in total. The topological polar surface area (TPSA) is 38.9 Å². The number of nitrogen functional groups attached to an aromatic ring is 1. The molecule has 1 aromatic carbocycles. The number of fused-ring (bicyclic) bond motifs is 1. The molecule has 0 aliphatic rings. The lowest BCUT2D eigenvalue weighted by Gasteiger charge is -2.07. The largest absolute Gasteiger partial charge is 0.398 e. The van der Waals surface area contributed by atoms with Crippen molar-refractivity contribution < 1.29 is 4.39 Å². The van der Waals surface area contributed by atoms with Gasteiger partial charge in [-0.1, -0.05) is 19.1 Å². The highest BCUT2D eigenvalue weighted by Gasteiger charge is 2.08. The van der Waals surface area contributed by atoms with Gasteiger partial charge in [0, 0.05) is 16.8 Å². The lowest BCUT2D eigenvalue weighted by molar-refractivity contribution is 0.627. The Morgan fingerprint density at radius 3 is 2.80 bits per heavy atom. The molecule has 1 aromatic heterocycles. The Bertz CT molecular complexity index is 521. The molecule has 2 rings (SSSR count). The Morgan fingerprint density at radius 1 is 1.40 bits per heavy atom. The van der Waals surface area contributed by atoms with Crippen molar-refractivity contribution in [2.24, 2.45) is 0 Å². The average Bonchev–Trinajstić information content (AvgIpc) is 2.23. The van der Waals surface area contributed by atoms with Crippen LogP contribution in [0.2, 0.25) is 0 Å². The van der Waals surface area contributed by atoms with Gasteiger partial charge in [0.25, 0.3) is 0 Å². The summed E-state index contributed by atoms with van der Waals surface area (Å²) in [7, 11) is 0. The summed E-state index contributed by atoms with van der Waals surface area (Å²) in [6, 6.07) is 5.34. The van der Waals surface area contributed by atoms with E-state index in [0.717, 1.165) is 12.1 Å². The Morgan fingerprint density at radius 2 is 2.13 bits per heavy atom. The number of aryl methyl sites for hydroxylation is 2. The summed E-state index contributed by atoms with van der Waals surface area (Å²) >= 11 is 0. The normalized spacial score (nSPS) is 10.9. The summed E-state index contributed by atoms with van der Waals surface area (Å²) in [5.74, 6) is -0.269. The zero-order valence-electron chi connectivity index (χ0n) is 8.84. The van der Waals surface area contributed by atoms with Crippen LogP contribution in [0.1, 0.15) is 18.2 Å². The average molecular weight is 204 g/mol. The maximum Gasteiger partial charge on any atom is 0.152 e. The molecule has 1 heterocycles. The minimum Gasteiger partial charge on any atom is -0.398 e. The van der Waals surface area contributed by atoms with E-state index in [2.05, 4.69) is 4.98 Å². The molecule has 0 saturated carbocycles. The van der Waals surface area contributed by atoms with Crippen LogP contribution in [0.3, 0.4) is 0 Å². The molecule has 0 radical (unpaired) electrons. The van der Waals surface area contributed by atoms with Gasteiger partial charge in [0.2, 0.25) is 0 Å². The van der Waals surface area contributed by atoms with Crippen molar-refractivity contribution in [3.05, 3.63) is 35.3 Å². The molecule has 0 atom stereocenters. The summed E-state index contributed by atoms with van der Waals surface area (Å²) in [4.78, 5) is 4.26.